The topological polar surface area (TPSA) is 24.9 Å². The van der Waals surface area contributed by atoms with E-state index in [-0.39, 0.29) is 12.4 Å². The van der Waals surface area contributed by atoms with E-state index in [2.05, 4.69) is 41.5 Å². The zero-order chi connectivity index (χ0) is 12.4. The third kappa shape index (κ3) is 2.69. The largest absolute Gasteiger partial charge is 0.340 e. The number of aromatic nitrogens is 1. The Labute approximate surface area is 118 Å². The number of nitrogens with zero attached hydrogens (tertiary/aromatic N) is 1. The number of nitrogens with one attached hydrogen (secondary N) is 1. The minimum absolute atomic E-state index is 0. The average molecular weight is 271 g/mol. The van der Waals surface area contributed by atoms with E-state index in [9.17, 15) is 0 Å². The maximum atomic E-state index is 4.43. The molecule has 2 aromatic carbocycles. The van der Waals surface area contributed by atoms with Crippen molar-refractivity contribution in [3.8, 4) is 0 Å². The summed E-state index contributed by atoms with van der Waals surface area (Å²) in [6, 6.07) is 18.5. The normalized spacial score (nSPS) is 9.95. The fraction of sp³-hybridized carbons (Fsp3) is 0.0625. The molecule has 0 amide bonds. The highest BCUT2D eigenvalue weighted by Gasteiger charge is 2.03. The van der Waals surface area contributed by atoms with E-state index in [0.29, 0.717) is 0 Å². The number of pyridine rings is 1. The summed E-state index contributed by atoms with van der Waals surface area (Å²) >= 11 is 0. The maximum absolute atomic E-state index is 4.43. The number of halogens is 1. The van der Waals surface area contributed by atoms with Crippen molar-refractivity contribution in [2.75, 3.05) is 5.32 Å². The van der Waals surface area contributed by atoms with Crippen molar-refractivity contribution in [3.05, 3.63) is 66.4 Å². The molecule has 3 heteroatoms. The molecule has 3 aromatic rings. The van der Waals surface area contributed by atoms with E-state index in [4.69, 9.17) is 0 Å². The lowest BCUT2D eigenvalue weighted by Gasteiger charge is -2.10. The minimum atomic E-state index is 0. The Bertz CT molecular complexity index is 690. The Morgan fingerprint density at radius 1 is 0.895 bits per heavy atom. The molecular formula is C16H15ClN2. The zero-order valence-corrected chi connectivity index (χ0v) is 11.4. The lowest BCUT2D eigenvalue weighted by Crippen LogP contribution is -1.96. The SMILES string of the molecule is Cc1ccccc1Nc1nccc2ccccc12.Cl. The summed E-state index contributed by atoms with van der Waals surface area (Å²) in [5.41, 5.74) is 2.31. The van der Waals surface area contributed by atoms with Gasteiger partial charge in [-0.2, -0.15) is 0 Å². The molecule has 19 heavy (non-hydrogen) atoms. The molecule has 3 rings (SSSR count). The number of rotatable bonds is 2. The summed E-state index contributed by atoms with van der Waals surface area (Å²) in [7, 11) is 0. The van der Waals surface area contributed by atoms with Crippen LogP contribution in [-0.2, 0) is 0 Å². The second-order valence-corrected chi connectivity index (χ2v) is 4.32. The van der Waals surface area contributed by atoms with Crippen molar-refractivity contribution in [2.24, 2.45) is 0 Å². The van der Waals surface area contributed by atoms with Crippen molar-refractivity contribution in [1.82, 2.24) is 4.98 Å². The van der Waals surface area contributed by atoms with Crippen LogP contribution in [0.3, 0.4) is 0 Å². The molecule has 0 aliphatic rings. The van der Waals surface area contributed by atoms with Gasteiger partial charge in [-0.25, -0.2) is 4.98 Å². The predicted octanol–water partition coefficient (Wildman–Crippen LogP) is 4.71. The van der Waals surface area contributed by atoms with E-state index in [1.54, 1.807) is 0 Å². The molecular weight excluding hydrogens is 256 g/mol. The number of hydrogen-bond acceptors (Lipinski definition) is 2. The Kier molecular flexibility index (Phi) is 4.03. The molecule has 0 unspecified atom stereocenters. The highest BCUT2D eigenvalue weighted by atomic mass is 35.5. The highest BCUT2D eigenvalue weighted by molar-refractivity contribution is 5.93. The van der Waals surface area contributed by atoms with Crippen LogP contribution in [-0.4, -0.2) is 4.98 Å². The van der Waals surface area contributed by atoms with Crippen LogP contribution in [0.1, 0.15) is 5.56 Å². The van der Waals surface area contributed by atoms with Gasteiger partial charge in [-0.05, 0) is 30.0 Å². The molecule has 2 nitrogen and oxygen atoms in total. The number of aryl methyl sites for hydroxylation is 1. The van der Waals surface area contributed by atoms with Gasteiger partial charge in [-0.15, -0.1) is 12.4 Å². The van der Waals surface area contributed by atoms with Gasteiger partial charge < -0.3 is 5.32 Å². The minimum Gasteiger partial charge on any atom is -0.340 e. The number of benzene rings is 2. The van der Waals surface area contributed by atoms with E-state index in [1.165, 1.54) is 10.9 Å². The van der Waals surface area contributed by atoms with Crippen LogP contribution in [0.25, 0.3) is 10.8 Å². The van der Waals surface area contributed by atoms with Crippen LogP contribution >= 0.6 is 12.4 Å². The average Bonchev–Trinajstić information content (AvgIpc) is 2.42. The van der Waals surface area contributed by atoms with Gasteiger partial charge in [0.05, 0.1) is 0 Å². The van der Waals surface area contributed by atoms with Crippen molar-refractivity contribution in [2.45, 2.75) is 6.92 Å². The van der Waals surface area contributed by atoms with Crippen LogP contribution in [0.4, 0.5) is 11.5 Å². The number of anilines is 2. The summed E-state index contributed by atoms with van der Waals surface area (Å²) in [6.45, 7) is 2.09. The molecule has 1 aromatic heterocycles. The molecule has 96 valence electrons. The van der Waals surface area contributed by atoms with Crippen molar-refractivity contribution >= 4 is 34.7 Å². The fourth-order valence-electron chi connectivity index (χ4n) is 2.06. The van der Waals surface area contributed by atoms with Gasteiger partial charge in [-0.1, -0.05) is 42.5 Å². The monoisotopic (exact) mass is 270 g/mol. The first-order chi connectivity index (χ1) is 8.84. The van der Waals surface area contributed by atoms with Crippen molar-refractivity contribution < 1.29 is 0 Å². The summed E-state index contributed by atoms with van der Waals surface area (Å²) in [5, 5.41) is 5.74. The molecule has 0 radical (unpaired) electrons. The Hall–Kier alpha value is -2.06. The summed E-state index contributed by atoms with van der Waals surface area (Å²) < 4.78 is 0. The summed E-state index contributed by atoms with van der Waals surface area (Å²) in [4.78, 5) is 4.43. The van der Waals surface area contributed by atoms with Crippen LogP contribution in [0.15, 0.2) is 60.8 Å². The lowest BCUT2D eigenvalue weighted by molar-refractivity contribution is 1.32. The third-order valence-corrected chi connectivity index (χ3v) is 3.07. The van der Waals surface area contributed by atoms with Crippen molar-refractivity contribution in [1.29, 1.82) is 0 Å². The Morgan fingerprint density at radius 2 is 1.63 bits per heavy atom. The third-order valence-electron chi connectivity index (χ3n) is 3.07. The number of para-hydroxylation sites is 1. The van der Waals surface area contributed by atoms with Gasteiger partial charge in [0.15, 0.2) is 0 Å². The molecule has 0 aliphatic heterocycles. The van der Waals surface area contributed by atoms with Crippen LogP contribution in [0, 0.1) is 6.92 Å². The van der Waals surface area contributed by atoms with E-state index in [0.717, 1.165) is 16.9 Å². The first kappa shape index (κ1) is 13.4. The molecule has 1 N–H and O–H groups in total. The molecule has 0 atom stereocenters. The second kappa shape index (κ2) is 5.72. The molecule has 1 heterocycles. The fourth-order valence-corrected chi connectivity index (χ4v) is 2.06. The predicted molar refractivity (Wildman–Crippen MR) is 83.5 cm³/mol. The van der Waals surface area contributed by atoms with Crippen LogP contribution < -0.4 is 5.32 Å². The van der Waals surface area contributed by atoms with E-state index < -0.39 is 0 Å². The Morgan fingerprint density at radius 3 is 2.47 bits per heavy atom. The molecule has 0 bridgehead atoms. The van der Waals surface area contributed by atoms with Gasteiger partial charge in [-0.3, -0.25) is 0 Å². The van der Waals surface area contributed by atoms with E-state index in [1.807, 2.05) is 36.5 Å². The Balaban J connectivity index is 0.00000133. The number of fused-ring (bicyclic) bond motifs is 1. The molecule has 0 fully saturated rings. The standard InChI is InChI=1S/C16H14N2.ClH/c1-12-6-2-5-9-15(12)18-16-14-8-4-3-7-13(14)10-11-17-16;/h2-11H,1H3,(H,17,18);1H. The molecule has 0 spiro atoms. The van der Waals surface area contributed by atoms with Crippen molar-refractivity contribution in [3.63, 3.8) is 0 Å². The van der Waals surface area contributed by atoms with Gasteiger partial charge in [0.25, 0.3) is 0 Å². The summed E-state index contributed by atoms with van der Waals surface area (Å²) in [6.07, 6.45) is 1.84. The molecule has 0 aliphatic carbocycles. The number of hydrogen-bond donors (Lipinski definition) is 1. The van der Waals surface area contributed by atoms with Gasteiger partial charge in [0, 0.05) is 17.3 Å². The summed E-state index contributed by atoms with van der Waals surface area (Å²) in [5.74, 6) is 0.905. The first-order valence-corrected chi connectivity index (χ1v) is 6.01. The molecule has 0 saturated heterocycles. The van der Waals surface area contributed by atoms with Crippen LogP contribution in [0.2, 0.25) is 0 Å². The maximum Gasteiger partial charge on any atom is 0.138 e. The highest BCUT2D eigenvalue weighted by Crippen LogP contribution is 2.25. The lowest BCUT2D eigenvalue weighted by atomic mass is 10.1. The van der Waals surface area contributed by atoms with Gasteiger partial charge >= 0.3 is 0 Å². The quantitative estimate of drug-likeness (QED) is 0.729. The second-order valence-electron chi connectivity index (χ2n) is 4.32. The first-order valence-electron chi connectivity index (χ1n) is 6.01. The molecule has 0 saturated carbocycles. The van der Waals surface area contributed by atoms with E-state index >= 15 is 0 Å². The zero-order valence-electron chi connectivity index (χ0n) is 10.6. The van der Waals surface area contributed by atoms with Crippen LogP contribution in [0.5, 0.6) is 0 Å². The van der Waals surface area contributed by atoms with Gasteiger partial charge in [0.1, 0.15) is 5.82 Å². The van der Waals surface area contributed by atoms with Gasteiger partial charge in [0.2, 0.25) is 0 Å². The smallest absolute Gasteiger partial charge is 0.138 e.